The van der Waals surface area contributed by atoms with Gasteiger partial charge in [-0.3, -0.25) is 0 Å². The summed E-state index contributed by atoms with van der Waals surface area (Å²) >= 11 is 0. The molecule has 2 atom stereocenters. The highest BCUT2D eigenvalue weighted by Crippen LogP contribution is 2.47. The Morgan fingerprint density at radius 1 is 1.14 bits per heavy atom. The van der Waals surface area contributed by atoms with Crippen LogP contribution in [0.1, 0.15) is 52.4 Å². The second kappa shape index (κ2) is 3.84. The van der Waals surface area contributed by atoms with Crippen LogP contribution in [0.15, 0.2) is 0 Å². The standard InChI is InChI=1S/C13H25N/c1-13(2)9-5-4-6-11(13)12(14-3)10-7-8-10/h10-12,14H,4-9H2,1-3H3. The van der Waals surface area contributed by atoms with Crippen molar-refractivity contribution in [3.8, 4) is 0 Å². The van der Waals surface area contributed by atoms with Crippen LogP contribution in [0.4, 0.5) is 0 Å². The van der Waals surface area contributed by atoms with Gasteiger partial charge in [0.05, 0.1) is 0 Å². The third kappa shape index (κ3) is 1.98. The van der Waals surface area contributed by atoms with E-state index in [-0.39, 0.29) is 0 Å². The summed E-state index contributed by atoms with van der Waals surface area (Å²) in [7, 11) is 2.16. The van der Waals surface area contributed by atoms with E-state index in [0.717, 1.165) is 17.9 Å². The van der Waals surface area contributed by atoms with Crippen LogP contribution in [0.25, 0.3) is 0 Å². The van der Waals surface area contributed by atoms with Crippen LogP contribution in [0.5, 0.6) is 0 Å². The molecule has 0 aliphatic heterocycles. The molecular formula is C13H25N. The van der Waals surface area contributed by atoms with Crippen molar-refractivity contribution in [2.45, 2.75) is 58.4 Å². The molecule has 1 heteroatoms. The van der Waals surface area contributed by atoms with E-state index < -0.39 is 0 Å². The molecule has 2 aliphatic rings. The average molecular weight is 195 g/mol. The van der Waals surface area contributed by atoms with E-state index in [1.807, 2.05) is 0 Å². The maximum atomic E-state index is 3.59. The van der Waals surface area contributed by atoms with Crippen LogP contribution < -0.4 is 5.32 Å². The van der Waals surface area contributed by atoms with Gasteiger partial charge in [0, 0.05) is 6.04 Å². The zero-order valence-corrected chi connectivity index (χ0v) is 9.97. The SMILES string of the molecule is CNC(C1CC1)C1CCCCC1(C)C. The van der Waals surface area contributed by atoms with E-state index in [4.69, 9.17) is 0 Å². The lowest BCUT2D eigenvalue weighted by Gasteiger charge is -2.43. The molecular weight excluding hydrogens is 170 g/mol. The van der Waals surface area contributed by atoms with Crippen molar-refractivity contribution in [3.05, 3.63) is 0 Å². The van der Waals surface area contributed by atoms with Gasteiger partial charge in [0.25, 0.3) is 0 Å². The summed E-state index contributed by atoms with van der Waals surface area (Å²) in [6.45, 7) is 4.95. The van der Waals surface area contributed by atoms with Crippen molar-refractivity contribution < 1.29 is 0 Å². The van der Waals surface area contributed by atoms with Crippen molar-refractivity contribution in [1.29, 1.82) is 0 Å². The largest absolute Gasteiger partial charge is 0.316 e. The van der Waals surface area contributed by atoms with Crippen molar-refractivity contribution in [2.24, 2.45) is 17.3 Å². The zero-order valence-electron chi connectivity index (χ0n) is 9.97. The predicted molar refractivity (Wildman–Crippen MR) is 61.3 cm³/mol. The topological polar surface area (TPSA) is 12.0 Å². The van der Waals surface area contributed by atoms with Gasteiger partial charge in [-0.15, -0.1) is 0 Å². The Morgan fingerprint density at radius 3 is 2.36 bits per heavy atom. The van der Waals surface area contributed by atoms with Gasteiger partial charge in [-0.05, 0) is 50.0 Å². The van der Waals surface area contributed by atoms with Gasteiger partial charge in [-0.25, -0.2) is 0 Å². The molecule has 0 amide bonds. The maximum Gasteiger partial charge on any atom is 0.0126 e. The fourth-order valence-corrected chi connectivity index (χ4v) is 3.41. The third-order valence-electron chi connectivity index (χ3n) is 4.49. The van der Waals surface area contributed by atoms with Gasteiger partial charge in [0.15, 0.2) is 0 Å². The molecule has 0 heterocycles. The van der Waals surface area contributed by atoms with E-state index in [9.17, 15) is 0 Å². The van der Waals surface area contributed by atoms with E-state index in [1.54, 1.807) is 0 Å². The maximum absolute atomic E-state index is 3.59. The van der Waals surface area contributed by atoms with Gasteiger partial charge in [-0.2, -0.15) is 0 Å². The summed E-state index contributed by atoms with van der Waals surface area (Å²) in [6.07, 6.45) is 8.73. The molecule has 2 unspecified atom stereocenters. The lowest BCUT2D eigenvalue weighted by Crippen LogP contribution is -2.44. The number of hydrogen-bond acceptors (Lipinski definition) is 1. The van der Waals surface area contributed by atoms with Gasteiger partial charge < -0.3 is 5.32 Å². The first-order valence-electron chi connectivity index (χ1n) is 6.32. The lowest BCUT2D eigenvalue weighted by molar-refractivity contribution is 0.0928. The Bertz CT molecular complexity index is 193. The molecule has 2 saturated carbocycles. The molecule has 0 bridgehead atoms. The zero-order chi connectivity index (χ0) is 10.2. The van der Waals surface area contributed by atoms with Gasteiger partial charge in [0.1, 0.15) is 0 Å². The number of nitrogens with one attached hydrogen (secondary N) is 1. The van der Waals surface area contributed by atoms with Gasteiger partial charge in [-0.1, -0.05) is 26.7 Å². The number of hydrogen-bond donors (Lipinski definition) is 1. The highest BCUT2D eigenvalue weighted by molar-refractivity contribution is 4.96. The van der Waals surface area contributed by atoms with Crippen LogP contribution in [0, 0.1) is 17.3 Å². The molecule has 1 N–H and O–H groups in total. The monoisotopic (exact) mass is 195 g/mol. The van der Waals surface area contributed by atoms with Crippen molar-refractivity contribution in [3.63, 3.8) is 0 Å². The van der Waals surface area contributed by atoms with Crippen LogP contribution in [0.3, 0.4) is 0 Å². The highest BCUT2D eigenvalue weighted by Gasteiger charge is 2.43. The predicted octanol–water partition coefficient (Wildman–Crippen LogP) is 3.20. The number of rotatable bonds is 3. The molecule has 82 valence electrons. The molecule has 0 aromatic rings. The van der Waals surface area contributed by atoms with Crippen LogP contribution in [-0.2, 0) is 0 Å². The van der Waals surface area contributed by atoms with Crippen molar-refractivity contribution in [2.75, 3.05) is 7.05 Å². The van der Waals surface area contributed by atoms with Crippen LogP contribution in [-0.4, -0.2) is 13.1 Å². The molecule has 2 rings (SSSR count). The van der Waals surface area contributed by atoms with Crippen LogP contribution in [0.2, 0.25) is 0 Å². The molecule has 0 aromatic heterocycles. The van der Waals surface area contributed by atoms with Crippen LogP contribution >= 0.6 is 0 Å². The van der Waals surface area contributed by atoms with Crippen molar-refractivity contribution in [1.82, 2.24) is 5.32 Å². The van der Waals surface area contributed by atoms with Gasteiger partial charge >= 0.3 is 0 Å². The summed E-state index contributed by atoms with van der Waals surface area (Å²) in [5, 5.41) is 3.59. The molecule has 14 heavy (non-hydrogen) atoms. The Kier molecular flexibility index (Phi) is 2.88. The second-order valence-electron chi connectivity index (χ2n) is 5.99. The smallest absolute Gasteiger partial charge is 0.0126 e. The third-order valence-corrected chi connectivity index (χ3v) is 4.49. The summed E-state index contributed by atoms with van der Waals surface area (Å²) < 4.78 is 0. The Hall–Kier alpha value is -0.0400. The second-order valence-corrected chi connectivity index (χ2v) is 5.99. The van der Waals surface area contributed by atoms with E-state index in [1.165, 1.54) is 38.5 Å². The first kappa shape index (κ1) is 10.5. The summed E-state index contributed by atoms with van der Waals surface area (Å²) in [5.41, 5.74) is 0.578. The highest BCUT2D eigenvalue weighted by atomic mass is 14.9. The Labute approximate surface area is 88.7 Å². The quantitative estimate of drug-likeness (QED) is 0.729. The molecule has 0 spiro atoms. The molecule has 0 radical (unpaired) electrons. The molecule has 0 aromatic carbocycles. The van der Waals surface area contributed by atoms with E-state index >= 15 is 0 Å². The Balaban J connectivity index is 2.04. The fourth-order valence-electron chi connectivity index (χ4n) is 3.41. The normalized spacial score (nSPS) is 34.1. The fraction of sp³-hybridized carbons (Fsp3) is 1.00. The molecule has 2 aliphatic carbocycles. The lowest BCUT2D eigenvalue weighted by atomic mass is 9.65. The van der Waals surface area contributed by atoms with E-state index in [0.29, 0.717) is 5.41 Å². The van der Waals surface area contributed by atoms with E-state index in [2.05, 4.69) is 26.2 Å². The minimum atomic E-state index is 0.578. The summed E-state index contributed by atoms with van der Waals surface area (Å²) in [4.78, 5) is 0. The Morgan fingerprint density at radius 2 is 1.86 bits per heavy atom. The molecule has 2 fully saturated rings. The average Bonchev–Trinajstić information content (AvgIpc) is 2.92. The molecule has 1 nitrogen and oxygen atoms in total. The molecule has 0 saturated heterocycles. The minimum absolute atomic E-state index is 0.578. The first-order chi connectivity index (χ1) is 6.65. The summed E-state index contributed by atoms with van der Waals surface area (Å²) in [5.74, 6) is 1.93. The van der Waals surface area contributed by atoms with Gasteiger partial charge in [0.2, 0.25) is 0 Å². The first-order valence-corrected chi connectivity index (χ1v) is 6.32. The minimum Gasteiger partial charge on any atom is -0.316 e. The summed E-state index contributed by atoms with van der Waals surface area (Å²) in [6, 6.07) is 0.810. The van der Waals surface area contributed by atoms with Crippen molar-refractivity contribution >= 4 is 0 Å².